The van der Waals surface area contributed by atoms with Crippen LogP contribution in [0, 0.1) is 0 Å². The molecule has 0 bridgehead atoms. The summed E-state index contributed by atoms with van der Waals surface area (Å²) >= 11 is 0. The highest BCUT2D eigenvalue weighted by molar-refractivity contribution is 5.76. The molecule has 1 amide bonds. The molecule has 1 atom stereocenters. The minimum atomic E-state index is 0.187. The molecule has 1 aliphatic rings. The van der Waals surface area contributed by atoms with Crippen LogP contribution in [-0.2, 0) is 4.79 Å². The molecule has 0 aromatic heterocycles. The molecule has 4 nitrogen and oxygen atoms in total. The highest BCUT2D eigenvalue weighted by Crippen LogP contribution is 2.11. The van der Waals surface area contributed by atoms with Gasteiger partial charge in [-0.3, -0.25) is 4.79 Å². The molecule has 1 unspecified atom stereocenters. The fourth-order valence-corrected chi connectivity index (χ4v) is 2.30. The van der Waals surface area contributed by atoms with Gasteiger partial charge >= 0.3 is 0 Å². The van der Waals surface area contributed by atoms with Crippen molar-refractivity contribution in [2.45, 2.75) is 25.8 Å². The van der Waals surface area contributed by atoms with Gasteiger partial charge in [0.1, 0.15) is 5.75 Å². The first-order valence-corrected chi connectivity index (χ1v) is 6.95. The van der Waals surface area contributed by atoms with Crippen molar-refractivity contribution >= 4 is 5.91 Å². The van der Waals surface area contributed by atoms with E-state index in [1.807, 2.05) is 35.2 Å². The van der Waals surface area contributed by atoms with Crippen LogP contribution in [0.2, 0.25) is 0 Å². The second-order valence-corrected chi connectivity index (χ2v) is 4.89. The van der Waals surface area contributed by atoms with Crippen LogP contribution in [0.1, 0.15) is 19.8 Å². The number of carbonyl (C=O) groups is 1. The second-order valence-electron chi connectivity index (χ2n) is 4.89. The lowest BCUT2D eigenvalue weighted by Crippen LogP contribution is -2.40. The molecule has 104 valence electrons. The molecular weight excluding hydrogens is 240 g/mol. The summed E-state index contributed by atoms with van der Waals surface area (Å²) in [6, 6.07) is 9.94. The maximum absolute atomic E-state index is 12.2. The average molecular weight is 262 g/mol. The summed E-state index contributed by atoms with van der Waals surface area (Å²) in [5.74, 6) is 1.01. The zero-order valence-electron chi connectivity index (χ0n) is 11.5. The van der Waals surface area contributed by atoms with Gasteiger partial charge in [-0.2, -0.15) is 0 Å². The summed E-state index contributed by atoms with van der Waals surface area (Å²) in [5.41, 5.74) is 0. The van der Waals surface area contributed by atoms with Crippen molar-refractivity contribution in [1.29, 1.82) is 0 Å². The summed E-state index contributed by atoms with van der Waals surface area (Å²) in [6.45, 7) is 5.23. The van der Waals surface area contributed by atoms with Gasteiger partial charge in [0.15, 0.2) is 0 Å². The van der Waals surface area contributed by atoms with Crippen molar-refractivity contribution in [3.63, 3.8) is 0 Å². The van der Waals surface area contributed by atoms with Gasteiger partial charge in [-0.15, -0.1) is 0 Å². The third kappa shape index (κ3) is 4.24. The topological polar surface area (TPSA) is 41.6 Å². The maximum atomic E-state index is 12.2. The molecule has 1 saturated heterocycles. The van der Waals surface area contributed by atoms with Crippen molar-refractivity contribution in [2.24, 2.45) is 0 Å². The van der Waals surface area contributed by atoms with Crippen molar-refractivity contribution in [2.75, 3.05) is 26.2 Å². The number of nitrogens with zero attached hydrogens (tertiary/aromatic N) is 1. The first kappa shape index (κ1) is 13.9. The summed E-state index contributed by atoms with van der Waals surface area (Å²) in [7, 11) is 0. The molecule has 1 N–H and O–H groups in total. The number of ether oxygens (including phenoxy) is 1. The Balaban J connectivity index is 1.77. The number of rotatable bonds is 4. The van der Waals surface area contributed by atoms with Gasteiger partial charge in [0.25, 0.3) is 0 Å². The summed E-state index contributed by atoms with van der Waals surface area (Å²) in [4.78, 5) is 14.1. The van der Waals surface area contributed by atoms with E-state index in [4.69, 9.17) is 4.74 Å². The SMILES string of the molecule is CC1CCNCCN1C(=O)CCOc1ccccc1. The van der Waals surface area contributed by atoms with E-state index >= 15 is 0 Å². The molecule has 0 spiro atoms. The quantitative estimate of drug-likeness (QED) is 0.897. The Morgan fingerprint density at radius 3 is 2.95 bits per heavy atom. The number of amides is 1. The molecule has 2 rings (SSSR count). The molecule has 1 fully saturated rings. The Morgan fingerprint density at radius 2 is 2.16 bits per heavy atom. The van der Waals surface area contributed by atoms with E-state index in [-0.39, 0.29) is 5.91 Å². The molecule has 1 aromatic rings. The largest absolute Gasteiger partial charge is 0.493 e. The lowest BCUT2D eigenvalue weighted by molar-refractivity contribution is -0.133. The standard InChI is InChI=1S/C15H22N2O2/c1-13-7-9-16-10-11-17(13)15(18)8-12-19-14-5-3-2-4-6-14/h2-6,13,16H,7-12H2,1H3. The van der Waals surface area contributed by atoms with Crippen LogP contribution in [0.4, 0.5) is 0 Å². The van der Waals surface area contributed by atoms with Crippen LogP contribution >= 0.6 is 0 Å². The number of carbonyl (C=O) groups excluding carboxylic acids is 1. The number of para-hydroxylation sites is 1. The van der Waals surface area contributed by atoms with Gasteiger partial charge in [-0.25, -0.2) is 0 Å². The molecule has 0 radical (unpaired) electrons. The molecular formula is C15H22N2O2. The Kier molecular flexibility index (Phi) is 5.21. The van der Waals surface area contributed by atoms with E-state index in [9.17, 15) is 4.79 Å². The maximum Gasteiger partial charge on any atom is 0.226 e. The molecule has 4 heteroatoms. The highest BCUT2D eigenvalue weighted by atomic mass is 16.5. The third-order valence-electron chi connectivity index (χ3n) is 3.45. The number of benzene rings is 1. The summed E-state index contributed by atoms with van der Waals surface area (Å²) < 4.78 is 5.57. The predicted molar refractivity (Wildman–Crippen MR) is 75.2 cm³/mol. The summed E-state index contributed by atoms with van der Waals surface area (Å²) in [5, 5.41) is 3.32. The van der Waals surface area contributed by atoms with Gasteiger partial charge in [0.2, 0.25) is 5.91 Å². The van der Waals surface area contributed by atoms with Crippen LogP contribution in [0.25, 0.3) is 0 Å². The monoisotopic (exact) mass is 262 g/mol. The lowest BCUT2D eigenvalue weighted by Gasteiger charge is -2.26. The molecule has 0 saturated carbocycles. The molecule has 0 aliphatic carbocycles. The fourth-order valence-electron chi connectivity index (χ4n) is 2.30. The number of nitrogens with one attached hydrogen (secondary N) is 1. The molecule has 1 aromatic carbocycles. The molecule has 1 aliphatic heterocycles. The van der Waals surface area contributed by atoms with E-state index in [0.29, 0.717) is 19.1 Å². The number of hydrogen-bond acceptors (Lipinski definition) is 3. The van der Waals surface area contributed by atoms with E-state index in [2.05, 4.69) is 12.2 Å². The molecule has 19 heavy (non-hydrogen) atoms. The predicted octanol–water partition coefficient (Wildman–Crippen LogP) is 1.67. The van der Waals surface area contributed by atoms with Crippen LogP contribution in [0.15, 0.2) is 30.3 Å². The van der Waals surface area contributed by atoms with Gasteiger partial charge < -0.3 is 15.0 Å². The zero-order valence-corrected chi connectivity index (χ0v) is 11.5. The van der Waals surface area contributed by atoms with E-state index in [1.54, 1.807) is 0 Å². The highest BCUT2D eigenvalue weighted by Gasteiger charge is 2.21. The minimum Gasteiger partial charge on any atom is -0.493 e. The zero-order chi connectivity index (χ0) is 13.5. The molecule has 1 heterocycles. The van der Waals surface area contributed by atoms with Gasteiger partial charge in [-0.1, -0.05) is 18.2 Å². The van der Waals surface area contributed by atoms with Gasteiger partial charge in [-0.05, 0) is 32.0 Å². The van der Waals surface area contributed by atoms with E-state index in [0.717, 1.165) is 31.8 Å². The Bertz CT molecular complexity index is 394. The number of hydrogen-bond donors (Lipinski definition) is 1. The normalized spacial score (nSPS) is 19.8. The van der Waals surface area contributed by atoms with Gasteiger partial charge in [0, 0.05) is 19.1 Å². The van der Waals surface area contributed by atoms with Crippen LogP contribution in [-0.4, -0.2) is 43.1 Å². The van der Waals surface area contributed by atoms with Crippen molar-refractivity contribution in [3.8, 4) is 5.75 Å². The van der Waals surface area contributed by atoms with Crippen molar-refractivity contribution in [3.05, 3.63) is 30.3 Å². The van der Waals surface area contributed by atoms with Crippen LogP contribution < -0.4 is 10.1 Å². The Labute approximate surface area is 114 Å². The Hall–Kier alpha value is -1.55. The van der Waals surface area contributed by atoms with Crippen LogP contribution in [0.5, 0.6) is 5.75 Å². The lowest BCUT2D eigenvalue weighted by atomic mass is 10.2. The first-order chi connectivity index (χ1) is 9.27. The van der Waals surface area contributed by atoms with Crippen molar-refractivity contribution < 1.29 is 9.53 Å². The van der Waals surface area contributed by atoms with E-state index < -0.39 is 0 Å². The van der Waals surface area contributed by atoms with Crippen LogP contribution in [0.3, 0.4) is 0 Å². The third-order valence-corrected chi connectivity index (χ3v) is 3.45. The van der Waals surface area contributed by atoms with Gasteiger partial charge in [0.05, 0.1) is 13.0 Å². The first-order valence-electron chi connectivity index (χ1n) is 6.95. The van der Waals surface area contributed by atoms with E-state index in [1.165, 1.54) is 0 Å². The average Bonchev–Trinajstić information content (AvgIpc) is 2.64. The second kappa shape index (κ2) is 7.14. The Morgan fingerprint density at radius 1 is 1.37 bits per heavy atom. The smallest absolute Gasteiger partial charge is 0.226 e. The minimum absolute atomic E-state index is 0.187. The van der Waals surface area contributed by atoms with Crippen molar-refractivity contribution in [1.82, 2.24) is 10.2 Å². The fraction of sp³-hybridized carbons (Fsp3) is 0.533. The summed E-state index contributed by atoms with van der Waals surface area (Å²) in [6.07, 6.45) is 1.46.